The number of ether oxygens (including phenoxy) is 3. The molecule has 0 saturated heterocycles. The third kappa shape index (κ3) is 18.9. The molecule has 0 aliphatic heterocycles. The van der Waals surface area contributed by atoms with Crippen LogP contribution in [0.3, 0.4) is 0 Å². The first-order valence-electron chi connectivity index (χ1n) is 17.0. The van der Waals surface area contributed by atoms with Gasteiger partial charge >= 0.3 is 18.0 Å². The molecular weight excluding hydrogens is 566 g/mol. The lowest BCUT2D eigenvalue weighted by Gasteiger charge is -2.25. The first-order chi connectivity index (χ1) is 21.5. The van der Waals surface area contributed by atoms with Gasteiger partial charge in [0.25, 0.3) is 0 Å². The number of alkyl carbamates (subject to hydrolysis) is 1. The van der Waals surface area contributed by atoms with E-state index in [0.717, 1.165) is 36.3 Å². The SMILES string of the molecule is CC(C)CCCCCCCCCCCC(CC(=O)OCc1ccccc1)OC(=O)[C@H](Cc1ccccc1)NC(=O)OC(C)(C)C. The number of unbranched alkanes of at least 4 members (excludes halogenated alkanes) is 8. The molecule has 0 radical (unpaired) electrons. The second kappa shape index (κ2) is 21.4. The summed E-state index contributed by atoms with van der Waals surface area (Å²) in [6.45, 7) is 10.0. The Bertz CT molecular complexity index is 1100. The van der Waals surface area contributed by atoms with Gasteiger partial charge in [0.1, 0.15) is 24.4 Å². The molecule has 250 valence electrons. The third-order valence-corrected chi connectivity index (χ3v) is 7.49. The molecule has 1 N–H and O–H groups in total. The zero-order chi connectivity index (χ0) is 32.9. The normalized spacial score (nSPS) is 12.8. The van der Waals surface area contributed by atoms with E-state index in [-0.39, 0.29) is 19.4 Å². The van der Waals surface area contributed by atoms with E-state index in [9.17, 15) is 14.4 Å². The maximum absolute atomic E-state index is 13.5. The van der Waals surface area contributed by atoms with Crippen molar-refractivity contribution < 1.29 is 28.6 Å². The molecule has 2 aromatic rings. The van der Waals surface area contributed by atoms with Gasteiger partial charge in [-0.25, -0.2) is 9.59 Å². The number of esters is 2. The molecule has 0 aliphatic carbocycles. The predicted molar refractivity (Wildman–Crippen MR) is 180 cm³/mol. The van der Waals surface area contributed by atoms with Crippen LogP contribution in [0, 0.1) is 5.92 Å². The second-order valence-electron chi connectivity index (χ2n) is 13.5. The van der Waals surface area contributed by atoms with Gasteiger partial charge in [-0.15, -0.1) is 0 Å². The number of benzene rings is 2. The molecule has 2 rings (SSSR count). The van der Waals surface area contributed by atoms with Crippen molar-refractivity contribution in [1.82, 2.24) is 5.32 Å². The van der Waals surface area contributed by atoms with Crippen LogP contribution in [-0.2, 0) is 36.8 Å². The molecule has 0 bridgehead atoms. The van der Waals surface area contributed by atoms with Crippen molar-refractivity contribution in [3.63, 3.8) is 0 Å². The minimum absolute atomic E-state index is 0.0422. The largest absolute Gasteiger partial charge is 0.461 e. The van der Waals surface area contributed by atoms with Gasteiger partial charge in [-0.2, -0.15) is 0 Å². The fraction of sp³-hybridized carbons (Fsp3) is 0.605. The molecule has 1 amide bonds. The van der Waals surface area contributed by atoms with Gasteiger partial charge in [-0.05, 0) is 50.7 Å². The summed E-state index contributed by atoms with van der Waals surface area (Å²) in [6.07, 6.45) is 11.3. The topological polar surface area (TPSA) is 90.9 Å². The number of rotatable bonds is 21. The Kier molecular flexibility index (Phi) is 18.0. The minimum atomic E-state index is -0.967. The van der Waals surface area contributed by atoms with Crippen molar-refractivity contribution in [3.05, 3.63) is 71.8 Å². The van der Waals surface area contributed by atoms with Gasteiger partial charge in [-0.1, -0.05) is 132 Å². The highest BCUT2D eigenvalue weighted by atomic mass is 16.6. The van der Waals surface area contributed by atoms with Crippen LogP contribution in [0.2, 0.25) is 0 Å². The smallest absolute Gasteiger partial charge is 0.408 e. The molecule has 0 aliphatic rings. The van der Waals surface area contributed by atoms with Crippen LogP contribution in [0.5, 0.6) is 0 Å². The van der Waals surface area contributed by atoms with Crippen LogP contribution in [-0.4, -0.2) is 35.8 Å². The Morgan fingerprint density at radius 3 is 1.76 bits per heavy atom. The molecule has 0 saturated carbocycles. The first-order valence-corrected chi connectivity index (χ1v) is 17.0. The lowest BCUT2D eigenvalue weighted by molar-refractivity contribution is -0.157. The van der Waals surface area contributed by atoms with Gasteiger partial charge in [0.2, 0.25) is 0 Å². The van der Waals surface area contributed by atoms with Crippen molar-refractivity contribution in [2.45, 2.75) is 142 Å². The number of hydrogen-bond acceptors (Lipinski definition) is 6. The Balaban J connectivity index is 1.95. The molecule has 45 heavy (non-hydrogen) atoms. The second-order valence-corrected chi connectivity index (χ2v) is 13.5. The maximum atomic E-state index is 13.5. The number of carbonyl (C=O) groups excluding carboxylic acids is 3. The van der Waals surface area contributed by atoms with Crippen molar-refractivity contribution in [2.24, 2.45) is 5.92 Å². The van der Waals surface area contributed by atoms with Gasteiger partial charge in [0, 0.05) is 6.42 Å². The molecule has 2 aromatic carbocycles. The Morgan fingerprint density at radius 1 is 0.711 bits per heavy atom. The van der Waals surface area contributed by atoms with Crippen molar-refractivity contribution in [3.8, 4) is 0 Å². The van der Waals surface area contributed by atoms with Crippen molar-refractivity contribution >= 4 is 18.0 Å². The average Bonchev–Trinajstić information content (AvgIpc) is 2.98. The average molecular weight is 624 g/mol. The number of amides is 1. The van der Waals surface area contributed by atoms with E-state index in [1.54, 1.807) is 20.8 Å². The van der Waals surface area contributed by atoms with E-state index in [2.05, 4.69) is 19.2 Å². The molecule has 0 fully saturated rings. The number of nitrogens with one attached hydrogen (secondary N) is 1. The zero-order valence-electron chi connectivity index (χ0n) is 28.4. The lowest BCUT2D eigenvalue weighted by atomic mass is 10.0. The van der Waals surface area contributed by atoms with Crippen LogP contribution in [0.25, 0.3) is 0 Å². The fourth-order valence-electron chi connectivity index (χ4n) is 5.09. The first kappa shape index (κ1) is 37.8. The molecule has 2 atom stereocenters. The monoisotopic (exact) mass is 623 g/mol. The summed E-state index contributed by atoms with van der Waals surface area (Å²) in [5.74, 6) is -0.230. The molecule has 0 spiro atoms. The summed E-state index contributed by atoms with van der Waals surface area (Å²) in [5.41, 5.74) is 1.04. The van der Waals surface area contributed by atoms with Gasteiger partial charge in [0.05, 0.1) is 6.42 Å². The van der Waals surface area contributed by atoms with Crippen molar-refractivity contribution in [1.29, 1.82) is 0 Å². The van der Waals surface area contributed by atoms with Crippen LogP contribution < -0.4 is 5.32 Å². The summed E-state index contributed by atoms with van der Waals surface area (Å²) in [6, 6.07) is 18.0. The van der Waals surface area contributed by atoms with Gasteiger partial charge in [-0.3, -0.25) is 4.79 Å². The highest BCUT2D eigenvalue weighted by Gasteiger charge is 2.29. The van der Waals surface area contributed by atoms with E-state index in [1.165, 1.54) is 44.9 Å². The van der Waals surface area contributed by atoms with E-state index in [4.69, 9.17) is 14.2 Å². The highest BCUT2D eigenvalue weighted by Crippen LogP contribution is 2.18. The van der Waals surface area contributed by atoms with Crippen LogP contribution in [0.15, 0.2) is 60.7 Å². The quantitative estimate of drug-likeness (QED) is 0.0847. The standard InChI is InChI=1S/C38H57NO6/c1-30(2)21-15-11-9-7-6-8-10-12-20-26-33(28-35(40)43-29-32-24-18-14-19-25-32)44-36(41)34(27-31-22-16-13-17-23-31)39-37(42)45-38(3,4)5/h13-14,16-19,22-25,30,33-34H,6-12,15,20-21,26-29H2,1-5H3,(H,39,42)/t33?,34-/m0/s1. The third-order valence-electron chi connectivity index (χ3n) is 7.49. The molecule has 7 heteroatoms. The van der Waals surface area contributed by atoms with E-state index >= 15 is 0 Å². The Morgan fingerprint density at radius 2 is 1.22 bits per heavy atom. The van der Waals surface area contributed by atoms with E-state index in [0.29, 0.717) is 6.42 Å². The summed E-state index contributed by atoms with van der Waals surface area (Å²) in [5, 5.41) is 2.69. The van der Waals surface area contributed by atoms with Crippen molar-refractivity contribution in [2.75, 3.05) is 0 Å². The predicted octanol–water partition coefficient (Wildman–Crippen LogP) is 9.11. The van der Waals surface area contributed by atoms with Crippen LogP contribution >= 0.6 is 0 Å². The van der Waals surface area contributed by atoms with Crippen LogP contribution in [0.4, 0.5) is 4.79 Å². The van der Waals surface area contributed by atoms with E-state index < -0.39 is 35.8 Å². The molecule has 1 unspecified atom stereocenters. The van der Waals surface area contributed by atoms with E-state index in [1.807, 2.05) is 60.7 Å². The number of hydrogen-bond donors (Lipinski definition) is 1. The van der Waals surface area contributed by atoms with Crippen LogP contribution in [0.1, 0.15) is 123 Å². The molecule has 7 nitrogen and oxygen atoms in total. The maximum Gasteiger partial charge on any atom is 0.408 e. The Labute approximate surface area is 271 Å². The summed E-state index contributed by atoms with van der Waals surface area (Å²) < 4.78 is 16.9. The van der Waals surface area contributed by atoms with Gasteiger partial charge in [0.15, 0.2) is 0 Å². The molecule has 0 heterocycles. The Hall–Kier alpha value is -3.35. The minimum Gasteiger partial charge on any atom is -0.461 e. The fourth-order valence-corrected chi connectivity index (χ4v) is 5.09. The molecule has 0 aromatic heterocycles. The lowest BCUT2D eigenvalue weighted by Crippen LogP contribution is -2.46. The summed E-state index contributed by atoms with van der Waals surface area (Å²) >= 11 is 0. The number of carbonyl (C=O) groups is 3. The summed E-state index contributed by atoms with van der Waals surface area (Å²) in [4.78, 5) is 38.9. The van der Waals surface area contributed by atoms with Gasteiger partial charge < -0.3 is 19.5 Å². The zero-order valence-corrected chi connectivity index (χ0v) is 28.4. The summed E-state index contributed by atoms with van der Waals surface area (Å²) in [7, 11) is 0. The molecular formula is C38H57NO6. The highest BCUT2D eigenvalue weighted by molar-refractivity contribution is 5.82.